The Kier molecular flexibility index (Phi) is 4.14. The zero-order valence-corrected chi connectivity index (χ0v) is 10.9. The van der Waals surface area contributed by atoms with Crippen molar-refractivity contribution in [1.29, 1.82) is 0 Å². The first kappa shape index (κ1) is 13.8. The van der Waals surface area contributed by atoms with E-state index in [1.807, 2.05) is 0 Å². The number of hydrogen-bond donors (Lipinski definition) is 0. The van der Waals surface area contributed by atoms with Crippen LogP contribution >= 0.6 is 0 Å². The van der Waals surface area contributed by atoms with Crippen molar-refractivity contribution in [2.45, 2.75) is 6.42 Å². The van der Waals surface area contributed by atoms with E-state index in [1.54, 1.807) is 30.3 Å². The van der Waals surface area contributed by atoms with Crippen LogP contribution in [0.3, 0.4) is 0 Å². The lowest BCUT2D eigenvalue weighted by Crippen LogP contribution is -2.37. The van der Waals surface area contributed by atoms with Crippen LogP contribution in [-0.2, 0) is 14.3 Å². The second-order valence-electron chi connectivity index (χ2n) is 4.17. The van der Waals surface area contributed by atoms with Gasteiger partial charge in [-0.2, -0.15) is 0 Å². The number of ether oxygens (including phenoxy) is 2. The van der Waals surface area contributed by atoms with Crippen LogP contribution in [0.5, 0.6) is 5.75 Å². The van der Waals surface area contributed by atoms with Gasteiger partial charge in [0, 0.05) is 12.6 Å². The van der Waals surface area contributed by atoms with Crippen molar-refractivity contribution in [2.75, 3.05) is 13.7 Å². The van der Waals surface area contributed by atoms with Crippen molar-refractivity contribution in [3.8, 4) is 5.75 Å². The Bertz CT molecular complexity index is 564. The molecule has 0 saturated carbocycles. The maximum Gasteiger partial charge on any atom is 0.419 e. The third-order valence-electron chi connectivity index (χ3n) is 2.68. The number of carbonyl (C=O) groups is 3. The first-order chi connectivity index (χ1) is 9.60. The smallest absolute Gasteiger partial charge is 0.419 e. The van der Waals surface area contributed by atoms with Gasteiger partial charge in [0.15, 0.2) is 5.78 Å². The third-order valence-corrected chi connectivity index (χ3v) is 2.68. The molecular weight excluding hydrogens is 262 g/mol. The zero-order chi connectivity index (χ0) is 14.5. The first-order valence-corrected chi connectivity index (χ1v) is 5.94. The van der Waals surface area contributed by atoms with Crippen LogP contribution in [0.15, 0.2) is 42.1 Å². The lowest BCUT2D eigenvalue weighted by atomic mass is 10.1. The second kappa shape index (κ2) is 6.01. The van der Waals surface area contributed by atoms with E-state index >= 15 is 0 Å². The molecule has 0 N–H and O–H groups in total. The van der Waals surface area contributed by atoms with Crippen molar-refractivity contribution >= 4 is 17.8 Å². The number of methoxy groups -OCH3 is 1. The highest BCUT2D eigenvalue weighted by Crippen LogP contribution is 2.16. The number of benzene rings is 1. The van der Waals surface area contributed by atoms with Crippen LogP contribution in [0.4, 0.5) is 4.79 Å². The van der Waals surface area contributed by atoms with E-state index in [4.69, 9.17) is 4.74 Å². The SMILES string of the molecule is COC(=O)C1=CN(C(=O)Oc2ccccc2)CC(=O)C1. The van der Waals surface area contributed by atoms with Gasteiger partial charge in [-0.15, -0.1) is 0 Å². The summed E-state index contributed by atoms with van der Waals surface area (Å²) in [6.45, 7) is -0.119. The summed E-state index contributed by atoms with van der Waals surface area (Å²) in [5.41, 5.74) is 0.133. The molecule has 0 saturated heterocycles. The fourth-order valence-electron chi connectivity index (χ4n) is 1.76. The van der Waals surface area contributed by atoms with Crippen LogP contribution in [0, 0.1) is 0 Å². The Morgan fingerprint density at radius 3 is 2.55 bits per heavy atom. The fourth-order valence-corrected chi connectivity index (χ4v) is 1.76. The standard InChI is InChI=1S/C14H13NO5/c1-19-13(17)10-7-11(16)9-15(8-10)14(18)20-12-5-3-2-4-6-12/h2-6,8H,7,9H2,1H3. The average Bonchev–Trinajstić information content (AvgIpc) is 2.46. The topological polar surface area (TPSA) is 72.9 Å². The van der Waals surface area contributed by atoms with E-state index in [1.165, 1.54) is 13.3 Å². The molecule has 0 spiro atoms. The minimum Gasteiger partial charge on any atom is -0.466 e. The number of esters is 1. The summed E-state index contributed by atoms with van der Waals surface area (Å²) in [5.74, 6) is -0.517. The summed E-state index contributed by atoms with van der Waals surface area (Å²) < 4.78 is 9.65. The zero-order valence-electron chi connectivity index (χ0n) is 10.9. The van der Waals surface area contributed by atoms with E-state index in [0.717, 1.165) is 4.90 Å². The van der Waals surface area contributed by atoms with Crippen molar-refractivity contribution in [3.05, 3.63) is 42.1 Å². The Balaban J connectivity index is 2.12. The van der Waals surface area contributed by atoms with Gasteiger partial charge in [-0.05, 0) is 12.1 Å². The number of ketones is 1. The maximum absolute atomic E-state index is 11.9. The van der Waals surface area contributed by atoms with Crippen LogP contribution < -0.4 is 4.74 Å². The summed E-state index contributed by atoms with van der Waals surface area (Å²) in [4.78, 5) is 36.0. The quantitative estimate of drug-likeness (QED) is 0.765. The summed E-state index contributed by atoms with van der Waals surface area (Å²) in [5, 5.41) is 0. The molecule has 1 aliphatic heterocycles. The Morgan fingerprint density at radius 1 is 1.20 bits per heavy atom. The fraction of sp³-hybridized carbons (Fsp3) is 0.214. The Labute approximate surface area is 115 Å². The Hall–Kier alpha value is -2.63. The highest BCUT2D eigenvalue weighted by molar-refractivity contribution is 5.99. The van der Waals surface area contributed by atoms with Gasteiger partial charge in [-0.3, -0.25) is 9.69 Å². The number of hydrogen-bond acceptors (Lipinski definition) is 5. The largest absolute Gasteiger partial charge is 0.466 e. The first-order valence-electron chi connectivity index (χ1n) is 5.94. The molecule has 1 aromatic rings. The summed E-state index contributed by atoms with van der Waals surface area (Å²) in [6.07, 6.45) is 0.533. The molecule has 0 radical (unpaired) electrons. The molecule has 2 rings (SSSR count). The van der Waals surface area contributed by atoms with Crippen molar-refractivity contribution in [3.63, 3.8) is 0 Å². The molecule has 1 amide bonds. The molecule has 0 aromatic heterocycles. The van der Waals surface area contributed by atoms with Gasteiger partial charge in [0.05, 0.1) is 19.2 Å². The van der Waals surface area contributed by atoms with E-state index in [9.17, 15) is 14.4 Å². The molecule has 104 valence electrons. The monoisotopic (exact) mass is 275 g/mol. The summed E-state index contributed by atoms with van der Waals surface area (Å²) in [7, 11) is 1.22. The van der Waals surface area contributed by atoms with Crippen LogP contribution in [-0.4, -0.2) is 36.4 Å². The molecule has 1 aromatic carbocycles. The number of amides is 1. The van der Waals surface area contributed by atoms with Gasteiger partial charge in [-0.1, -0.05) is 18.2 Å². The molecular formula is C14H13NO5. The van der Waals surface area contributed by atoms with Gasteiger partial charge < -0.3 is 9.47 Å². The predicted octanol–water partition coefficient (Wildman–Crippen LogP) is 1.52. The number of Topliss-reactive ketones (excluding diaryl/α,β-unsaturated/α-hetero) is 1. The minimum absolute atomic E-state index is 0.0399. The molecule has 6 heteroatoms. The molecule has 0 atom stereocenters. The van der Waals surface area contributed by atoms with E-state index in [0.29, 0.717) is 5.75 Å². The van der Waals surface area contributed by atoms with Crippen LogP contribution in [0.25, 0.3) is 0 Å². The number of nitrogens with zero attached hydrogens (tertiary/aromatic N) is 1. The number of carbonyl (C=O) groups excluding carboxylic acids is 3. The van der Waals surface area contributed by atoms with Crippen molar-refractivity contribution in [2.24, 2.45) is 0 Å². The number of para-hydroxylation sites is 1. The van der Waals surface area contributed by atoms with Crippen molar-refractivity contribution < 1.29 is 23.9 Å². The molecule has 6 nitrogen and oxygen atoms in total. The normalized spacial score (nSPS) is 14.6. The van der Waals surface area contributed by atoms with Crippen LogP contribution in [0.1, 0.15) is 6.42 Å². The van der Waals surface area contributed by atoms with E-state index < -0.39 is 12.1 Å². The van der Waals surface area contributed by atoms with E-state index in [-0.39, 0.29) is 24.3 Å². The molecule has 0 aliphatic carbocycles. The molecule has 0 unspecified atom stereocenters. The molecule has 0 fully saturated rings. The maximum atomic E-state index is 11.9. The van der Waals surface area contributed by atoms with Gasteiger partial charge in [0.25, 0.3) is 0 Å². The molecule has 20 heavy (non-hydrogen) atoms. The van der Waals surface area contributed by atoms with Gasteiger partial charge in [-0.25, -0.2) is 9.59 Å². The van der Waals surface area contributed by atoms with Gasteiger partial charge >= 0.3 is 12.1 Å². The van der Waals surface area contributed by atoms with E-state index in [2.05, 4.69) is 4.74 Å². The van der Waals surface area contributed by atoms with Crippen molar-refractivity contribution in [1.82, 2.24) is 4.90 Å². The second-order valence-corrected chi connectivity index (χ2v) is 4.17. The lowest BCUT2D eigenvalue weighted by molar-refractivity contribution is -0.137. The van der Waals surface area contributed by atoms with Gasteiger partial charge in [0.2, 0.25) is 0 Å². The summed E-state index contributed by atoms with van der Waals surface area (Å²) >= 11 is 0. The number of rotatable bonds is 2. The highest BCUT2D eigenvalue weighted by atomic mass is 16.6. The third kappa shape index (κ3) is 3.23. The summed E-state index contributed by atoms with van der Waals surface area (Å²) in [6, 6.07) is 8.47. The Morgan fingerprint density at radius 2 is 1.90 bits per heavy atom. The molecule has 0 bridgehead atoms. The average molecular weight is 275 g/mol. The predicted molar refractivity (Wildman–Crippen MR) is 68.9 cm³/mol. The molecule has 1 heterocycles. The van der Waals surface area contributed by atoms with Crippen LogP contribution in [0.2, 0.25) is 0 Å². The molecule has 1 aliphatic rings. The highest BCUT2D eigenvalue weighted by Gasteiger charge is 2.27. The lowest BCUT2D eigenvalue weighted by Gasteiger charge is -2.22. The minimum atomic E-state index is -0.717. The van der Waals surface area contributed by atoms with Gasteiger partial charge in [0.1, 0.15) is 5.75 Å².